The Labute approximate surface area is 76.7 Å². The van der Waals surface area contributed by atoms with E-state index in [1.165, 1.54) is 0 Å². The van der Waals surface area contributed by atoms with Gasteiger partial charge in [0.25, 0.3) is 0 Å². The first-order chi connectivity index (χ1) is 6.27. The fourth-order valence-electron chi connectivity index (χ4n) is 1.59. The second-order valence-electron chi connectivity index (χ2n) is 3.43. The number of piperidine rings is 1. The van der Waals surface area contributed by atoms with Crippen LogP contribution in [-0.4, -0.2) is 39.3 Å². The SMILES string of the molecule is Cn1nnnc1N1CCC(N)CC1. The van der Waals surface area contributed by atoms with Gasteiger partial charge >= 0.3 is 0 Å². The van der Waals surface area contributed by atoms with Crippen molar-refractivity contribution < 1.29 is 0 Å². The molecule has 0 spiro atoms. The van der Waals surface area contributed by atoms with Crippen LogP contribution >= 0.6 is 0 Å². The molecule has 72 valence electrons. The van der Waals surface area contributed by atoms with Gasteiger partial charge in [-0.3, -0.25) is 0 Å². The summed E-state index contributed by atoms with van der Waals surface area (Å²) in [6, 6.07) is 0.345. The summed E-state index contributed by atoms with van der Waals surface area (Å²) >= 11 is 0. The smallest absolute Gasteiger partial charge is 0.245 e. The highest BCUT2D eigenvalue weighted by atomic mass is 15.6. The largest absolute Gasteiger partial charge is 0.340 e. The Bertz CT molecular complexity index is 274. The lowest BCUT2D eigenvalue weighted by atomic mass is 10.1. The molecule has 0 unspecified atom stereocenters. The third-order valence-electron chi connectivity index (χ3n) is 2.42. The highest BCUT2D eigenvalue weighted by Crippen LogP contribution is 2.14. The second-order valence-corrected chi connectivity index (χ2v) is 3.43. The summed E-state index contributed by atoms with van der Waals surface area (Å²) in [4.78, 5) is 2.17. The maximum atomic E-state index is 5.80. The number of hydrogen-bond acceptors (Lipinski definition) is 5. The summed E-state index contributed by atoms with van der Waals surface area (Å²) in [7, 11) is 1.85. The summed E-state index contributed by atoms with van der Waals surface area (Å²) in [6.45, 7) is 1.91. The van der Waals surface area contributed by atoms with Gasteiger partial charge in [-0.1, -0.05) is 5.10 Å². The van der Waals surface area contributed by atoms with Gasteiger partial charge in [-0.15, -0.1) is 0 Å². The van der Waals surface area contributed by atoms with E-state index in [0.717, 1.165) is 31.9 Å². The van der Waals surface area contributed by atoms with Gasteiger partial charge in [0.1, 0.15) is 0 Å². The van der Waals surface area contributed by atoms with E-state index in [9.17, 15) is 0 Å². The molecule has 2 N–H and O–H groups in total. The molecule has 0 radical (unpaired) electrons. The molecule has 0 bridgehead atoms. The number of aryl methyl sites for hydroxylation is 1. The van der Waals surface area contributed by atoms with Crippen LogP contribution in [0.4, 0.5) is 5.95 Å². The summed E-state index contributed by atoms with van der Waals surface area (Å²) in [6.07, 6.45) is 2.04. The number of anilines is 1. The van der Waals surface area contributed by atoms with Crippen LogP contribution in [0, 0.1) is 0 Å². The molecule has 6 nitrogen and oxygen atoms in total. The van der Waals surface area contributed by atoms with Crippen LogP contribution in [0.3, 0.4) is 0 Å². The van der Waals surface area contributed by atoms with Gasteiger partial charge in [0.15, 0.2) is 0 Å². The average molecular weight is 182 g/mol. The van der Waals surface area contributed by atoms with Crippen molar-refractivity contribution in [3.63, 3.8) is 0 Å². The predicted octanol–water partition coefficient (Wildman–Crippen LogP) is -0.862. The lowest BCUT2D eigenvalue weighted by molar-refractivity contribution is 0.490. The fraction of sp³-hybridized carbons (Fsp3) is 0.857. The molecular weight excluding hydrogens is 168 g/mol. The van der Waals surface area contributed by atoms with Crippen molar-refractivity contribution >= 4 is 5.95 Å². The maximum absolute atomic E-state index is 5.80. The summed E-state index contributed by atoms with van der Waals surface area (Å²) in [5.74, 6) is 0.840. The number of hydrogen-bond donors (Lipinski definition) is 1. The van der Waals surface area contributed by atoms with E-state index < -0.39 is 0 Å². The van der Waals surface area contributed by atoms with Crippen molar-refractivity contribution in [1.82, 2.24) is 20.2 Å². The lowest BCUT2D eigenvalue weighted by Crippen LogP contribution is -2.40. The zero-order chi connectivity index (χ0) is 9.26. The first-order valence-corrected chi connectivity index (χ1v) is 4.50. The minimum atomic E-state index is 0.345. The van der Waals surface area contributed by atoms with E-state index in [1.54, 1.807) is 4.68 Å². The Hall–Kier alpha value is -1.17. The summed E-state index contributed by atoms with van der Waals surface area (Å²) in [5, 5.41) is 11.4. The molecule has 6 heteroatoms. The number of nitrogens with zero attached hydrogens (tertiary/aromatic N) is 5. The molecule has 2 heterocycles. The summed E-state index contributed by atoms with van der Waals surface area (Å²) in [5.41, 5.74) is 5.80. The highest BCUT2D eigenvalue weighted by Gasteiger charge is 2.19. The first-order valence-electron chi connectivity index (χ1n) is 4.50. The first kappa shape index (κ1) is 8.43. The third kappa shape index (κ3) is 1.62. The Morgan fingerprint density at radius 3 is 2.62 bits per heavy atom. The standard InChI is InChI=1S/C7H14N6/c1-12-7(9-10-11-12)13-4-2-6(8)3-5-13/h6H,2-5,8H2,1H3. The minimum Gasteiger partial charge on any atom is -0.340 e. The number of nitrogens with two attached hydrogens (primary N) is 1. The molecule has 1 aliphatic rings. The highest BCUT2D eigenvalue weighted by molar-refractivity contribution is 5.28. The Kier molecular flexibility index (Phi) is 2.13. The maximum Gasteiger partial charge on any atom is 0.245 e. The van der Waals surface area contributed by atoms with E-state index in [2.05, 4.69) is 20.4 Å². The van der Waals surface area contributed by atoms with Crippen LogP contribution in [-0.2, 0) is 7.05 Å². The van der Waals surface area contributed by atoms with E-state index in [0.29, 0.717) is 6.04 Å². The Balaban J connectivity index is 2.06. The molecule has 0 saturated carbocycles. The average Bonchev–Trinajstić information content (AvgIpc) is 2.53. The molecule has 0 amide bonds. The van der Waals surface area contributed by atoms with Crippen LogP contribution in [0.2, 0.25) is 0 Å². The van der Waals surface area contributed by atoms with Crippen LogP contribution < -0.4 is 10.6 Å². The molecular formula is C7H14N6. The van der Waals surface area contributed by atoms with Crippen molar-refractivity contribution in [2.75, 3.05) is 18.0 Å². The molecule has 1 fully saturated rings. The van der Waals surface area contributed by atoms with Crippen LogP contribution in [0.15, 0.2) is 0 Å². The molecule has 13 heavy (non-hydrogen) atoms. The molecule has 1 aliphatic heterocycles. The van der Waals surface area contributed by atoms with Gasteiger partial charge < -0.3 is 10.6 Å². The van der Waals surface area contributed by atoms with Crippen molar-refractivity contribution in [3.8, 4) is 0 Å². The monoisotopic (exact) mass is 182 g/mol. The third-order valence-corrected chi connectivity index (χ3v) is 2.42. The van der Waals surface area contributed by atoms with Crippen LogP contribution in [0.25, 0.3) is 0 Å². The topological polar surface area (TPSA) is 72.9 Å². The van der Waals surface area contributed by atoms with Crippen LogP contribution in [0.5, 0.6) is 0 Å². The molecule has 2 rings (SSSR count). The minimum absolute atomic E-state index is 0.345. The molecule has 0 aliphatic carbocycles. The normalized spacial score (nSPS) is 19.4. The molecule has 0 atom stereocenters. The van der Waals surface area contributed by atoms with Gasteiger partial charge in [0.05, 0.1) is 0 Å². The number of rotatable bonds is 1. The summed E-state index contributed by atoms with van der Waals surface area (Å²) < 4.78 is 1.69. The lowest BCUT2D eigenvalue weighted by Gasteiger charge is -2.29. The van der Waals surface area contributed by atoms with E-state index in [-0.39, 0.29) is 0 Å². The van der Waals surface area contributed by atoms with E-state index >= 15 is 0 Å². The fourth-order valence-corrected chi connectivity index (χ4v) is 1.59. The van der Waals surface area contributed by atoms with Gasteiger partial charge in [-0.2, -0.15) is 0 Å². The Morgan fingerprint density at radius 2 is 2.08 bits per heavy atom. The van der Waals surface area contributed by atoms with Gasteiger partial charge in [-0.25, -0.2) is 4.68 Å². The zero-order valence-corrected chi connectivity index (χ0v) is 7.72. The van der Waals surface area contributed by atoms with Gasteiger partial charge in [0.2, 0.25) is 5.95 Å². The quantitative estimate of drug-likeness (QED) is 0.611. The molecule has 1 saturated heterocycles. The zero-order valence-electron chi connectivity index (χ0n) is 7.72. The number of tetrazole rings is 1. The van der Waals surface area contributed by atoms with Crippen molar-refractivity contribution in [2.45, 2.75) is 18.9 Å². The Morgan fingerprint density at radius 1 is 1.38 bits per heavy atom. The van der Waals surface area contributed by atoms with Crippen molar-refractivity contribution in [1.29, 1.82) is 0 Å². The van der Waals surface area contributed by atoms with Gasteiger partial charge in [-0.05, 0) is 23.3 Å². The van der Waals surface area contributed by atoms with Crippen LogP contribution in [0.1, 0.15) is 12.8 Å². The molecule has 0 aromatic carbocycles. The molecule has 1 aromatic heterocycles. The van der Waals surface area contributed by atoms with E-state index in [1.807, 2.05) is 7.05 Å². The van der Waals surface area contributed by atoms with Gasteiger partial charge in [0, 0.05) is 26.2 Å². The van der Waals surface area contributed by atoms with Crippen molar-refractivity contribution in [3.05, 3.63) is 0 Å². The predicted molar refractivity (Wildman–Crippen MR) is 48.2 cm³/mol. The molecule has 1 aromatic rings. The van der Waals surface area contributed by atoms with E-state index in [4.69, 9.17) is 5.73 Å². The van der Waals surface area contributed by atoms with Crippen molar-refractivity contribution in [2.24, 2.45) is 12.8 Å². The second kappa shape index (κ2) is 3.29. The number of aromatic nitrogens is 4.